The first kappa shape index (κ1) is 21.6. The Bertz CT molecular complexity index is 1270. The van der Waals surface area contributed by atoms with E-state index >= 15 is 0 Å². The third-order valence-electron chi connectivity index (χ3n) is 6.07. The van der Waals surface area contributed by atoms with E-state index in [4.69, 9.17) is 11.6 Å². The molecule has 0 aliphatic carbocycles. The fraction of sp³-hybridized carbons (Fsp3) is 0.280. The highest BCUT2D eigenvalue weighted by molar-refractivity contribution is 6.33. The van der Waals surface area contributed by atoms with Crippen LogP contribution in [0.1, 0.15) is 18.4 Å². The molecule has 1 fully saturated rings. The second-order valence-corrected chi connectivity index (χ2v) is 8.74. The van der Waals surface area contributed by atoms with Gasteiger partial charge in [0, 0.05) is 37.2 Å². The molecule has 8 heteroatoms. The molecule has 1 aliphatic rings. The Kier molecular flexibility index (Phi) is 6.32. The molecule has 0 radical (unpaired) electrons. The number of fused-ring (bicyclic) bond motifs is 1. The Balaban J connectivity index is 1.39. The van der Waals surface area contributed by atoms with E-state index in [1.54, 1.807) is 12.4 Å². The molecule has 1 aliphatic heterocycles. The van der Waals surface area contributed by atoms with Crippen LogP contribution in [0.3, 0.4) is 0 Å². The van der Waals surface area contributed by atoms with Crippen LogP contribution in [0.25, 0.3) is 22.2 Å². The van der Waals surface area contributed by atoms with Gasteiger partial charge < -0.3 is 15.2 Å². The molecular formula is C25H25ClN6O. The Morgan fingerprint density at radius 3 is 2.97 bits per heavy atom. The van der Waals surface area contributed by atoms with Crippen LogP contribution < -0.4 is 10.6 Å². The first-order valence-electron chi connectivity index (χ1n) is 11.2. The third-order valence-corrected chi connectivity index (χ3v) is 6.37. The minimum atomic E-state index is -0.0369. The Morgan fingerprint density at radius 2 is 2.15 bits per heavy atom. The first-order valence-corrected chi connectivity index (χ1v) is 11.6. The second-order valence-electron chi connectivity index (χ2n) is 8.33. The number of rotatable bonds is 6. The van der Waals surface area contributed by atoms with Crippen LogP contribution in [0.5, 0.6) is 0 Å². The largest absolute Gasteiger partial charge is 0.330 e. The molecule has 168 valence electrons. The molecule has 3 aromatic heterocycles. The van der Waals surface area contributed by atoms with Crippen LogP contribution in [0.15, 0.2) is 61.3 Å². The number of nitrogens with one attached hydrogen (secondary N) is 2. The number of imidazole rings is 1. The highest BCUT2D eigenvalue weighted by atomic mass is 35.5. The number of pyridine rings is 2. The lowest BCUT2D eigenvalue weighted by molar-refractivity contribution is -0.120. The number of aryl methyl sites for hydroxylation is 2. The summed E-state index contributed by atoms with van der Waals surface area (Å²) in [5.41, 5.74) is 4.91. The molecule has 4 aromatic rings. The van der Waals surface area contributed by atoms with Gasteiger partial charge in [-0.3, -0.25) is 9.78 Å². The molecule has 5 rings (SSSR count). The Morgan fingerprint density at radius 1 is 1.21 bits per heavy atom. The van der Waals surface area contributed by atoms with Crippen molar-refractivity contribution in [3.63, 3.8) is 0 Å². The van der Waals surface area contributed by atoms with Crippen molar-refractivity contribution < 1.29 is 4.79 Å². The smallest absolute Gasteiger partial charge is 0.229 e. The molecule has 1 amide bonds. The van der Waals surface area contributed by atoms with Gasteiger partial charge in [0.1, 0.15) is 5.82 Å². The maximum Gasteiger partial charge on any atom is 0.229 e. The predicted octanol–water partition coefficient (Wildman–Crippen LogP) is 4.33. The van der Waals surface area contributed by atoms with Gasteiger partial charge in [-0.05, 0) is 61.2 Å². The standard InChI is InChI=1S/C25H25ClN6O/c26-21-15-29-24(31-25(33)19-4-2-9-28-14-19)12-20(21)18-5-6-22-23(11-18)32(16-30-22)10-7-17-3-1-8-27-13-17/h1,3,5-6,8,11-13,15-16,19,28H,2,4,7,9-10,14H2,(H,29,31,33)/t19-/m1/s1. The number of aromatic nitrogens is 4. The van der Waals surface area contributed by atoms with E-state index in [2.05, 4.69) is 42.3 Å². The van der Waals surface area contributed by atoms with Crippen LogP contribution in [-0.4, -0.2) is 38.5 Å². The van der Waals surface area contributed by atoms with Crippen LogP contribution in [0.2, 0.25) is 5.02 Å². The van der Waals surface area contributed by atoms with Gasteiger partial charge in [-0.2, -0.15) is 0 Å². The summed E-state index contributed by atoms with van der Waals surface area (Å²) in [4.78, 5) is 25.7. The summed E-state index contributed by atoms with van der Waals surface area (Å²) < 4.78 is 2.14. The fourth-order valence-corrected chi connectivity index (χ4v) is 4.44. The molecule has 0 spiro atoms. The van der Waals surface area contributed by atoms with Crippen molar-refractivity contribution in [2.75, 3.05) is 18.4 Å². The average molecular weight is 461 g/mol. The van der Waals surface area contributed by atoms with Crippen molar-refractivity contribution in [2.45, 2.75) is 25.8 Å². The molecule has 0 bridgehead atoms. The van der Waals surface area contributed by atoms with E-state index in [1.807, 2.05) is 36.8 Å². The van der Waals surface area contributed by atoms with Crippen LogP contribution in [-0.2, 0) is 17.8 Å². The lowest BCUT2D eigenvalue weighted by atomic mass is 9.99. The minimum absolute atomic E-state index is 0.00750. The van der Waals surface area contributed by atoms with Gasteiger partial charge in [-0.25, -0.2) is 9.97 Å². The van der Waals surface area contributed by atoms with Crippen molar-refractivity contribution in [3.05, 3.63) is 71.9 Å². The predicted molar refractivity (Wildman–Crippen MR) is 130 cm³/mol. The van der Waals surface area contributed by atoms with Gasteiger partial charge in [0.15, 0.2) is 0 Å². The van der Waals surface area contributed by atoms with E-state index in [-0.39, 0.29) is 11.8 Å². The second kappa shape index (κ2) is 9.68. The summed E-state index contributed by atoms with van der Waals surface area (Å²) in [6.45, 7) is 2.47. The summed E-state index contributed by atoms with van der Waals surface area (Å²) in [5, 5.41) is 6.77. The average Bonchev–Trinajstić information content (AvgIpc) is 3.27. The van der Waals surface area contributed by atoms with E-state index in [0.29, 0.717) is 17.4 Å². The SMILES string of the molecule is O=C(Nc1cc(-c2ccc3ncn(CCc4cccnc4)c3c2)c(Cl)cn1)[C@@H]1CCCNC1. The zero-order valence-corrected chi connectivity index (χ0v) is 18.9. The van der Waals surface area contributed by atoms with Crippen molar-refractivity contribution in [1.82, 2.24) is 24.8 Å². The number of hydrogen-bond acceptors (Lipinski definition) is 5. The molecular weight excluding hydrogens is 436 g/mol. The summed E-state index contributed by atoms with van der Waals surface area (Å²) in [5.74, 6) is 0.465. The van der Waals surface area contributed by atoms with Gasteiger partial charge in [-0.15, -0.1) is 0 Å². The van der Waals surface area contributed by atoms with E-state index < -0.39 is 0 Å². The van der Waals surface area contributed by atoms with Crippen molar-refractivity contribution in [1.29, 1.82) is 0 Å². The molecule has 1 saturated heterocycles. The Labute approximate surface area is 197 Å². The van der Waals surface area contributed by atoms with Gasteiger partial charge in [0.05, 0.1) is 28.3 Å². The van der Waals surface area contributed by atoms with E-state index in [1.165, 1.54) is 5.56 Å². The molecule has 4 heterocycles. The maximum absolute atomic E-state index is 12.6. The number of anilines is 1. The summed E-state index contributed by atoms with van der Waals surface area (Å²) >= 11 is 6.51. The number of nitrogens with zero attached hydrogens (tertiary/aromatic N) is 4. The number of hydrogen-bond donors (Lipinski definition) is 2. The third kappa shape index (κ3) is 4.89. The number of piperidine rings is 1. The van der Waals surface area contributed by atoms with Crippen molar-refractivity contribution in [3.8, 4) is 11.1 Å². The molecule has 7 nitrogen and oxygen atoms in total. The first-order chi connectivity index (χ1) is 16.2. The maximum atomic E-state index is 12.6. The molecule has 1 atom stereocenters. The molecule has 33 heavy (non-hydrogen) atoms. The number of carbonyl (C=O) groups excluding carboxylic acids is 1. The Hall–Kier alpha value is -3.29. The molecule has 1 aromatic carbocycles. The number of halogens is 1. The highest BCUT2D eigenvalue weighted by Crippen LogP contribution is 2.31. The quantitative estimate of drug-likeness (QED) is 0.447. The lowest BCUT2D eigenvalue weighted by Crippen LogP contribution is -2.37. The number of amides is 1. The lowest BCUT2D eigenvalue weighted by Gasteiger charge is -2.21. The van der Waals surface area contributed by atoms with E-state index in [9.17, 15) is 4.79 Å². The zero-order valence-electron chi connectivity index (χ0n) is 18.2. The number of benzene rings is 1. The van der Waals surface area contributed by atoms with Crippen LogP contribution >= 0.6 is 11.6 Å². The van der Waals surface area contributed by atoms with Gasteiger partial charge in [0.25, 0.3) is 0 Å². The molecule has 0 unspecified atom stereocenters. The van der Waals surface area contributed by atoms with Gasteiger partial charge in [0.2, 0.25) is 5.91 Å². The molecule has 2 N–H and O–H groups in total. The fourth-order valence-electron chi connectivity index (χ4n) is 4.23. The topological polar surface area (TPSA) is 84.7 Å². The molecule has 0 saturated carbocycles. The van der Waals surface area contributed by atoms with Crippen LogP contribution in [0, 0.1) is 5.92 Å². The zero-order chi connectivity index (χ0) is 22.6. The van der Waals surface area contributed by atoms with Crippen LogP contribution in [0.4, 0.5) is 5.82 Å². The highest BCUT2D eigenvalue weighted by Gasteiger charge is 2.21. The monoisotopic (exact) mass is 460 g/mol. The summed E-state index contributed by atoms with van der Waals surface area (Å²) in [7, 11) is 0. The minimum Gasteiger partial charge on any atom is -0.330 e. The van der Waals surface area contributed by atoms with Gasteiger partial charge >= 0.3 is 0 Å². The summed E-state index contributed by atoms with van der Waals surface area (Å²) in [6.07, 6.45) is 9.89. The number of carbonyl (C=O) groups is 1. The van der Waals surface area contributed by atoms with E-state index in [0.717, 1.165) is 54.5 Å². The normalized spacial score (nSPS) is 16.1. The summed E-state index contributed by atoms with van der Waals surface area (Å²) in [6, 6.07) is 11.9. The van der Waals surface area contributed by atoms with Crippen molar-refractivity contribution in [2.24, 2.45) is 5.92 Å². The van der Waals surface area contributed by atoms with Gasteiger partial charge in [-0.1, -0.05) is 23.7 Å². The van der Waals surface area contributed by atoms with Crippen molar-refractivity contribution >= 4 is 34.4 Å².